The normalized spacial score (nSPS) is 18.1. The molecule has 1 aromatic carbocycles. The highest BCUT2D eigenvalue weighted by Gasteiger charge is 2.16. The molecule has 0 saturated carbocycles. The summed E-state index contributed by atoms with van der Waals surface area (Å²) in [5.74, 6) is 0.0636. The molecule has 2 rings (SSSR count). The summed E-state index contributed by atoms with van der Waals surface area (Å²) in [7, 11) is 1.97. The fourth-order valence-corrected chi connectivity index (χ4v) is 2.84. The summed E-state index contributed by atoms with van der Waals surface area (Å²) in [6.45, 7) is 2.65. The van der Waals surface area contributed by atoms with Crippen LogP contribution in [0.1, 0.15) is 18.4 Å². The lowest BCUT2D eigenvalue weighted by Gasteiger charge is -2.17. The van der Waals surface area contributed by atoms with Crippen molar-refractivity contribution in [2.24, 2.45) is 0 Å². The topological polar surface area (TPSA) is 41.6 Å². The van der Waals surface area contributed by atoms with Crippen LogP contribution in [0.2, 0.25) is 0 Å². The molecular weight excluding hydrogens is 284 g/mol. The Kier molecular flexibility index (Phi) is 6.54. The van der Waals surface area contributed by atoms with Crippen molar-refractivity contribution in [1.29, 1.82) is 0 Å². The monoisotopic (exact) mass is 308 g/mol. The SMILES string of the molecule is CSc1ccc(CN(C)CC(=O)NCC2CCCO2)cc1. The van der Waals surface area contributed by atoms with Gasteiger partial charge in [-0.2, -0.15) is 0 Å². The summed E-state index contributed by atoms with van der Waals surface area (Å²) < 4.78 is 5.50. The Bertz CT molecular complexity index is 444. The number of benzene rings is 1. The van der Waals surface area contributed by atoms with Gasteiger partial charge in [0.05, 0.1) is 12.6 Å². The number of thioether (sulfide) groups is 1. The molecular formula is C16H24N2O2S. The van der Waals surface area contributed by atoms with Gasteiger partial charge in [-0.3, -0.25) is 9.69 Å². The first-order chi connectivity index (χ1) is 10.2. The Morgan fingerprint density at radius 1 is 1.43 bits per heavy atom. The molecule has 1 atom stereocenters. The molecule has 0 aromatic heterocycles. The van der Waals surface area contributed by atoms with Crippen molar-refractivity contribution in [3.63, 3.8) is 0 Å². The minimum atomic E-state index is 0.0636. The molecule has 0 spiro atoms. The van der Waals surface area contributed by atoms with E-state index in [-0.39, 0.29) is 12.0 Å². The number of carbonyl (C=O) groups excluding carboxylic acids is 1. The number of likely N-dealkylation sites (N-methyl/N-ethyl adjacent to an activating group) is 1. The number of ether oxygens (including phenoxy) is 1. The van der Waals surface area contributed by atoms with Gasteiger partial charge in [0.1, 0.15) is 0 Å². The third-order valence-corrected chi connectivity index (χ3v) is 4.32. The number of nitrogens with zero attached hydrogens (tertiary/aromatic N) is 1. The number of hydrogen-bond donors (Lipinski definition) is 1. The molecule has 1 aliphatic heterocycles. The molecule has 116 valence electrons. The minimum absolute atomic E-state index is 0.0636. The average Bonchev–Trinajstić information content (AvgIpc) is 2.99. The van der Waals surface area contributed by atoms with Crippen LogP contribution in [0.15, 0.2) is 29.2 Å². The summed E-state index contributed by atoms with van der Waals surface area (Å²) >= 11 is 1.74. The number of hydrogen-bond acceptors (Lipinski definition) is 4. The lowest BCUT2D eigenvalue weighted by Crippen LogP contribution is -2.38. The maximum Gasteiger partial charge on any atom is 0.234 e. The predicted molar refractivity (Wildman–Crippen MR) is 86.5 cm³/mol. The Morgan fingerprint density at radius 3 is 2.81 bits per heavy atom. The molecule has 1 fully saturated rings. The first-order valence-electron chi connectivity index (χ1n) is 7.37. The van der Waals surface area contributed by atoms with Gasteiger partial charge in [0.15, 0.2) is 0 Å². The fourth-order valence-electron chi connectivity index (χ4n) is 2.43. The summed E-state index contributed by atoms with van der Waals surface area (Å²) in [5.41, 5.74) is 1.22. The van der Waals surface area contributed by atoms with Crippen LogP contribution in [-0.4, -0.2) is 49.9 Å². The van der Waals surface area contributed by atoms with E-state index in [1.165, 1.54) is 10.5 Å². The van der Waals surface area contributed by atoms with Crippen molar-refractivity contribution >= 4 is 17.7 Å². The Morgan fingerprint density at radius 2 is 2.19 bits per heavy atom. The molecule has 21 heavy (non-hydrogen) atoms. The van der Waals surface area contributed by atoms with Crippen LogP contribution in [0.4, 0.5) is 0 Å². The first kappa shape index (κ1) is 16.3. The quantitative estimate of drug-likeness (QED) is 0.784. The van der Waals surface area contributed by atoms with Crippen molar-refractivity contribution in [3.8, 4) is 0 Å². The minimum Gasteiger partial charge on any atom is -0.376 e. The maximum absolute atomic E-state index is 11.9. The number of rotatable bonds is 7. The molecule has 1 unspecified atom stereocenters. The van der Waals surface area contributed by atoms with Gasteiger partial charge in [-0.25, -0.2) is 0 Å². The highest BCUT2D eigenvalue weighted by atomic mass is 32.2. The smallest absolute Gasteiger partial charge is 0.234 e. The van der Waals surface area contributed by atoms with Crippen LogP contribution in [-0.2, 0) is 16.1 Å². The molecule has 1 aromatic rings. The van der Waals surface area contributed by atoms with Crippen LogP contribution in [0.5, 0.6) is 0 Å². The number of carbonyl (C=O) groups is 1. The second-order valence-corrected chi connectivity index (χ2v) is 6.34. The summed E-state index contributed by atoms with van der Waals surface area (Å²) in [6.07, 6.45) is 4.43. The Labute approximate surface area is 131 Å². The molecule has 4 nitrogen and oxygen atoms in total. The van der Waals surface area contributed by atoms with Gasteiger partial charge < -0.3 is 10.1 Å². The van der Waals surface area contributed by atoms with Gasteiger partial charge >= 0.3 is 0 Å². The van der Waals surface area contributed by atoms with Crippen molar-refractivity contribution in [2.45, 2.75) is 30.4 Å². The fraction of sp³-hybridized carbons (Fsp3) is 0.562. The lowest BCUT2D eigenvalue weighted by atomic mass is 10.2. The Hall–Kier alpha value is -1.04. The second-order valence-electron chi connectivity index (χ2n) is 5.46. The van der Waals surface area contributed by atoms with E-state index >= 15 is 0 Å². The van der Waals surface area contributed by atoms with Crippen LogP contribution >= 0.6 is 11.8 Å². The lowest BCUT2D eigenvalue weighted by molar-refractivity contribution is -0.122. The third-order valence-electron chi connectivity index (χ3n) is 3.58. The Balaban J connectivity index is 1.69. The summed E-state index contributed by atoms with van der Waals surface area (Å²) in [5, 5.41) is 2.95. The van der Waals surface area contributed by atoms with Crippen LogP contribution in [0.25, 0.3) is 0 Å². The summed E-state index contributed by atoms with van der Waals surface area (Å²) in [6, 6.07) is 8.47. The van der Waals surface area contributed by atoms with Gasteiger partial charge in [0.2, 0.25) is 5.91 Å². The largest absolute Gasteiger partial charge is 0.376 e. The molecule has 1 saturated heterocycles. The zero-order chi connectivity index (χ0) is 15.1. The molecule has 1 amide bonds. The zero-order valence-electron chi connectivity index (χ0n) is 12.8. The van der Waals surface area contributed by atoms with Crippen molar-refractivity contribution in [2.75, 3.05) is 33.0 Å². The molecule has 5 heteroatoms. The predicted octanol–water partition coefficient (Wildman–Crippen LogP) is 2.14. The van der Waals surface area contributed by atoms with Gasteiger partial charge in [0.25, 0.3) is 0 Å². The van der Waals surface area contributed by atoms with Gasteiger partial charge in [0, 0.05) is 24.6 Å². The van der Waals surface area contributed by atoms with Crippen LogP contribution < -0.4 is 5.32 Å². The number of nitrogens with one attached hydrogen (secondary N) is 1. The van der Waals surface area contributed by atoms with Gasteiger partial charge in [-0.1, -0.05) is 12.1 Å². The molecule has 0 aliphatic carbocycles. The number of amides is 1. The first-order valence-corrected chi connectivity index (χ1v) is 8.59. The van der Waals surface area contributed by atoms with Crippen molar-refractivity contribution in [3.05, 3.63) is 29.8 Å². The molecule has 0 radical (unpaired) electrons. The zero-order valence-corrected chi connectivity index (χ0v) is 13.6. The second kappa shape index (κ2) is 8.41. The van der Waals surface area contributed by atoms with E-state index in [4.69, 9.17) is 4.74 Å². The van der Waals surface area contributed by atoms with E-state index in [2.05, 4.69) is 35.8 Å². The van der Waals surface area contributed by atoms with E-state index in [1.54, 1.807) is 11.8 Å². The van der Waals surface area contributed by atoms with Crippen LogP contribution in [0, 0.1) is 0 Å². The van der Waals surface area contributed by atoms with E-state index in [9.17, 15) is 4.79 Å². The maximum atomic E-state index is 11.9. The van der Waals surface area contributed by atoms with E-state index in [1.807, 2.05) is 11.9 Å². The standard InChI is InChI=1S/C16H24N2O2S/c1-18(11-13-5-7-15(21-2)8-6-13)12-16(19)17-10-14-4-3-9-20-14/h5-8,14H,3-4,9-12H2,1-2H3,(H,17,19). The highest BCUT2D eigenvalue weighted by molar-refractivity contribution is 7.98. The molecule has 0 bridgehead atoms. The average molecular weight is 308 g/mol. The van der Waals surface area contributed by atoms with Crippen LogP contribution in [0.3, 0.4) is 0 Å². The molecule has 1 heterocycles. The summed E-state index contributed by atoms with van der Waals surface area (Å²) in [4.78, 5) is 15.2. The highest BCUT2D eigenvalue weighted by Crippen LogP contribution is 2.15. The van der Waals surface area contributed by atoms with Crippen molar-refractivity contribution < 1.29 is 9.53 Å². The van der Waals surface area contributed by atoms with E-state index in [0.717, 1.165) is 26.0 Å². The third kappa shape index (κ3) is 5.69. The molecule has 1 aliphatic rings. The van der Waals surface area contributed by atoms with E-state index < -0.39 is 0 Å². The van der Waals surface area contributed by atoms with Crippen molar-refractivity contribution in [1.82, 2.24) is 10.2 Å². The molecule has 1 N–H and O–H groups in total. The van der Waals surface area contributed by atoms with Gasteiger partial charge in [-0.15, -0.1) is 11.8 Å². The van der Waals surface area contributed by atoms with E-state index in [0.29, 0.717) is 13.1 Å². The van der Waals surface area contributed by atoms with Gasteiger partial charge in [-0.05, 0) is 43.8 Å².